The van der Waals surface area contributed by atoms with Crippen LogP contribution in [0.2, 0.25) is 0 Å². The molecule has 204 valence electrons. The van der Waals surface area contributed by atoms with E-state index in [9.17, 15) is 26.4 Å². The molecule has 13 heteroatoms. The summed E-state index contributed by atoms with van der Waals surface area (Å²) in [6.07, 6.45) is 1.09. The van der Waals surface area contributed by atoms with Crippen LogP contribution in [0.3, 0.4) is 0 Å². The normalized spacial score (nSPS) is 12.4. The van der Waals surface area contributed by atoms with Crippen LogP contribution in [0.1, 0.15) is 17.3 Å². The van der Waals surface area contributed by atoms with Gasteiger partial charge in [0.05, 0.1) is 32.8 Å². The van der Waals surface area contributed by atoms with Gasteiger partial charge in [0.2, 0.25) is 0 Å². The minimum Gasteiger partial charge on any atom is -0.468 e. The van der Waals surface area contributed by atoms with Crippen LogP contribution in [-0.4, -0.2) is 53.2 Å². The van der Waals surface area contributed by atoms with Crippen LogP contribution in [0.5, 0.6) is 0 Å². The molecule has 1 amide bonds. The van der Waals surface area contributed by atoms with Gasteiger partial charge in [0.25, 0.3) is 15.9 Å². The molecule has 0 saturated carbocycles. The molecule has 0 aliphatic heterocycles. The molecular formula is C26H25N3O7S3. The molecular weight excluding hydrogens is 563 g/mol. The lowest BCUT2D eigenvalue weighted by Gasteiger charge is -2.22. The van der Waals surface area contributed by atoms with Crippen LogP contribution < -0.4 is 9.11 Å². The third-order valence-electron chi connectivity index (χ3n) is 5.82. The highest BCUT2D eigenvalue weighted by atomic mass is 32.2. The van der Waals surface area contributed by atoms with Crippen LogP contribution in [-0.2, 0) is 35.9 Å². The Bertz CT molecular complexity index is 1830. The zero-order valence-electron chi connectivity index (χ0n) is 21.3. The number of carbonyl (C=O) groups is 2. The smallest absolute Gasteiger partial charge is 0.325 e. The minimum absolute atomic E-state index is 0.0145. The van der Waals surface area contributed by atoms with Crippen molar-refractivity contribution in [1.82, 2.24) is 4.57 Å². The van der Waals surface area contributed by atoms with E-state index in [1.54, 1.807) is 43.3 Å². The summed E-state index contributed by atoms with van der Waals surface area (Å²) in [5.41, 5.74) is 1.16. The van der Waals surface area contributed by atoms with Crippen LogP contribution >= 0.6 is 11.3 Å². The zero-order chi connectivity index (χ0) is 28.4. The number of esters is 1. The lowest BCUT2D eigenvalue weighted by Crippen LogP contribution is -2.30. The average Bonchev–Trinajstić information content (AvgIpc) is 3.24. The third-order valence-corrected chi connectivity index (χ3v) is 9.88. The number of hydrogen-bond acceptors (Lipinski definition) is 8. The molecule has 0 aliphatic carbocycles. The molecule has 0 atom stereocenters. The molecule has 0 aliphatic rings. The Hall–Kier alpha value is -3.81. The Morgan fingerprint density at radius 2 is 1.59 bits per heavy atom. The number of fused-ring (bicyclic) bond motifs is 1. The number of nitrogens with zero attached hydrogens (tertiary/aromatic N) is 3. The van der Waals surface area contributed by atoms with Gasteiger partial charge in [-0.25, -0.2) is 16.8 Å². The number of thiazole rings is 1. The summed E-state index contributed by atoms with van der Waals surface area (Å²) < 4.78 is 58.5. The maximum atomic E-state index is 13.2. The van der Waals surface area contributed by atoms with E-state index >= 15 is 0 Å². The van der Waals surface area contributed by atoms with Crippen molar-refractivity contribution in [3.05, 3.63) is 83.2 Å². The number of anilines is 1. The Morgan fingerprint density at radius 3 is 2.18 bits per heavy atom. The van der Waals surface area contributed by atoms with Gasteiger partial charge in [-0.05, 0) is 61.5 Å². The van der Waals surface area contributed by atoms with E-state index in [0.29, 0.717) is 15.9 Å². The van der Waals surface area contributed by atoms with Crippen molar-refractivity contribution < 1.29 is 31.2 Å². The molecule has 10 nitrogen and oxygen atoms in total. The first kappa shape index (κ1) is 28.2. The van der Waals surface area contributed by atoms with E-state index in [4.69, 9.17) is 4.74 Å². The third kappa shape index (κ3) is 5.95. The fraction of sp³-hybridized carbons (Fsp3) is 0.192. The average molecular weight is 588 g/mol. The lowest BCUT2D eigenvalue weighted by molar-refractivity contribution is -0.141. The van der Waals surface area contributed by atoms with E-state index in [-0.39, 0.29) is 33.2 Å². The second-order valence-corrected chi connectivity index (χ2v) is 13.3. The topological polar surface area (TPSA) is 132 Å². The molecule has 39 heavy (non-hydrogen) atoms. The Morgan fingerprint density at radius 1 is 0.949 bits per heavy atom. The van der Waals surface area contributed by atoms with E-state index in [1.807, 2.05) is 0 Å². The molecule has 0 saturated heterocycles. The fourth-order valence-corrected chi connectivity index (χ4v) is 7.11. The number of carbonyl (C=O) groups excluding carboxylic acids is 2. The van der Waals surface area contributed by atoms with Crippen LogP contribution in [0, 0.1) is 0 Å². The molecule has 0 bridgehead atoms. The predicted molar refractivity (Wildman–Crippen MR) is 148 cm³/mol. The first-order valence-electron chi connectivity index (χ1n) is 11.6. The van der Waals surface area contributed by atoms with Crippen molar-refractivity contribution in [1.29, 1.82) is 0 Å². The summed E-state index contributed by atoms with van der Waals surface area (Å²) in [7, 11) is -6.12. The van der Waals surface area contributed by atoms with Crippen molar-refractivity contribution in [2.75, 3.05) is 24.2 Å². The van der Waals surface area contributed by atoms with Gasteiger partial charge in [-0.1, -0.05) is 29.5 Å². The molecule has 4 rings (SSSR count). The van der Waals surface area contributed by atoms with Crippen molar-refractivity contribution in [3.63, 3.8) is 0 Å². The molecule has 1 aromatic heterocycles. The van der Waals surface area contributed by atoms with E-state index in [1.165, 1.54) is 52.4 Å². The van der Waals surface area contributed by atoms with Crippen molar-refractivity contribution >= 4 is 59.0 Å². The van der Waals surface area contributed by atoms with Gasteiger partial charge in [0.1, 0.15) is 6.54 Å². The van der Waals surface area contributed by atoms with E-state index in [2.05, 4.69) is 4.99 Å². The number of hydrogen-bond donors (Lipinski definition) is 0. The summed E-state index contributed by atoms with van der Waals surface area (Å²) >= 11 is 1.04. The molecule has 0 fully saturated rings. The number of benzene rings is 3. The number of ether oxygens (including phenoxy) is 1. The number of aromatic nitrogens is 1. The summed E-state index contributed by atoms with van der Waals surface area (Å²) in [6, 6.07) is 18.5. The number of methoxy groups -OCH3 is 1. The number of rotatable bonds is 8. The lowest BCUT2D eigenvalue weighted by atomic mass is 10.2. The molecule has 0 spiro atoms. The highest BCUT2D eigenvalue weighted by molar-refractivity contribution is 7.92. The summed E-state index contributed by atoms with van der Waals surface area (Å²) in [4.78, 5) is 29.5. The molecule has 1 heterocycles. The van der Waals surface area contributed by atoms with Crippen molar-refractivity contribution in [2.45, 2.75) is 23.3 Å². The standard InChI is InChI=1S/C26H25N3O7S3/c1-4-29(19-8-6-5-7-9-19)39(34,35)20-12-10-18(11-13-20)25(31)27-26-28(17-24(30)36-2)22-15-14-21(38(3,32)33)16-23(22)37-26/h5-16H,4,17H2,1-3H3. The first-order valence-corrected chi connectivity index (χ1v) is 15.8. The van der Waals surface area contributed by atoms with Gasteiger partial charge in [-0.3, -0.25) is 13.9 Å². The second kappa shape index (κ2) is 11.1. The zero-order valence-corrected chi connectivity index (χ0v) is 23.7. The summed E-state index contributed by atoms with van der Waals surface area (Å²) in [5.74, 6) is -1.24. The quantitative estimate of drug-likeness (QED) is 0.289. The summed E-state index contributed by atoms with van der Waals surface area (Å²) in [6.45, 7) is 1.70. The first-order chi connectivity index (χ1) is 18.5. The van der Waals surface area contributed by atoms with Gasteiger partial charge in [-0.2, -0.15) is 4.99 Å². The van der Waals surface area contributed by atoms with Gasteiger partial charge >= 0.3 is 5.97 Å². The molecule has 0 radical (unpaired) electrons. The minimum atomic E-state index is -3.87. The van der Waals surface area contributed by atoms with Gasteiger partial charge in [0.15, 0.2) is 14.6 Å². The highest BCUT2D eigenvalue weighted by Crippen LogP contribution is 2.24. The number of sulfone groups is 1. The largest absolute Gasteiger partial charge is 0.468 e. The Balaban J connectivity index is 1.72. The van der Waals surface area contributed by atoms with Crippen LogP contribution in [0.4, 0.5) is 5.69 Å². The Labute approximate surface area is 229 Å². The van der Waals surface area contributed by atoms with Crippen LogP contribution in [0.15, 0.2) is 87.6 Å². The van der Waals surface area contributed by atoms with E-state index in [0.717, 1.165) is 17.6 Å². The second-order valence-electron chi connectivity index (χ2n) is 8.40. The van der Waals surface area contributed by atoms with Gasteiger partial charge in [-0.15, -0.1) is 0 Å². The van der Waals surface area contributed by atoms with E-state index < -0.39 is 31.7 Å². The Kier molecular flexibility index (Phi) is 8.04. The number of sulfonamides is 1. The monoisotopic (exact) mass is 587 g/mol. The highest BCUT2D eigenvalue weighted by Gasteiger charge is 2.24. The van der Waals surface area contributed by atoms with Crippen LogP contribution in [0.25, 0.3) is 10.2 Å². The van der Waals surface area contributed by atoms with Gasteiger partial charge < -0.3 is 9.30 Å². The molecule has 0 N–H and O–H groups in total. The maximum absolute atomic E-state index is 13.2. The van der Waals surface area contributed by atoms with Crippen molar-refractivity contribution in [2.24, 2.45) is 4.99 Å². The summed E-state index contributed by atoms with van der Waals surface area (Å²) in [5, 5.41) is 0. The van der Waals surface area contributed by atoms with Crippen molar-refractivity contribution in [3.8, 4) is 0 Å². The fourth-order valence-electron chi connectivity index (χ4n) is 3.85. The maximum Gasteiger partial charge on any atom is 0.325 e. The van der Waals surface area contributed by atoms with Gasteiger partial charge in [0, 0.05) is 18.4 Å². The number of amides is 1. The molecule has 4 aromatic rings. The SMILES string of the molecule is CCN(c1ccccc1)S(=O)(=O)c1ccc(C(=O)N=c2sc3cc(S(C)(=O)=O)ccc3n2CC(=O)OC)cc1. The molecule has 0 unspecified atom stereocenters. The number of para-hydroxylation sites is 1. The molecule has 3 aromatic carbocycles. The predicted octanol–water partition coefficient (Wildman–Crippen LogP) is 3.24.